The molecule has 122 valence electrons. The zero-order valence-corrected chi connectivity index (χ0v) is 13.7. The molecule has 0 aliphatic carbocycles. The second kappa shape index (κ2) is 7.95. The number of nitrogens with two attached hydrogens (primary N) is 1. The number of anilines is 1. The van der Waals surface area contributed by atoms with Crippen molar-refractivity contribution < 1.29 is 13.2 Å². The molecule has 0 aliphatic rings. The summed E-state index contributed by atoms with van der Waals surface area (Å²) < 4.78 is 21.6. The van der Waals surface area contributed by atoms with Crippen molar-refractivity contribution in [1.82, 2.24) is 10.3 Å². The molecule has 4 N–H and O–H groups in total. The van der Waals surface area contributed by atoms with Gasteiger partial charge in [0.25, 0.3) is 0 Å². The summed E-state index contributed by atoms with van der Waals surface area (Å²) in [5, 5.41) is 10.6. The van der Waals surface area contributed by atoms with Crippen LogP contribution in [-0.4, -0.2) is 31.7 Å². The topological polar surface area (TPSA) is 114 Å². The predicted molar refractivity (Wildman–Crippen MR) is 89.8 cm³/mol. The Morgan fingerprint density at radius 3 is 2.61 bits per heavy atom. The predicted octanol–water partition coefficient (Wildman–Crippen LogP) is 1.64. The minimum Gasteiger partial charge on any atom is -0.337 e. The smallest absolute Gasteiger partial charge is 0.319 e. The molecule has 2 amide bonds. The fourth-order valence-corrected chi connectivity index (χ4v) is 2.89. The molecule has 9 heteroatoms. The van der Waals surface area contributed by atoms with Crippen molar-refractivity contribution in [3.63, 3.8) is 0 Å². The highest BCUT2D eigenvalue weighted by Gasteiger charge is 2.10. The van der Waals surface area contributed by atoms with Gasteiger partial charge in [0, 0.05) is 17.6 Å². The molecular formula is C14H16N4O3S2. The summed E-state index contributed by atoms with van der Waals surface area (Å²) in [6, 6.07) is 12.5. The normalized spacial score (nSPS) is 11.0. The molecule has 2 aromatic rings. The van der Waals surface area contributed by atoms with E-state index in [0.29, 0.717) is 10.7 Å². The first-order valence-corrected chi connectivity index (χ1v) is 9.20. The molecule has 2 rings (SSSR count). The van der Waals surface area contributed by atoms with Gasteiger partial charge in [0.1, 0.15) is 5.03 Å². The Hall–Kier alpha value is -2.10. The molecule has 0 fully saturated rings. The van der Waals surface area contributed by atoms with Crippen molar-refractivity contribution in [2.24, 2.45) is 5.14 Å². The quantitative estimate of drug-likeness (QED) is 0.731. The Kier molecular flexibility index (Phi) is 5.97. The fourth-order valence-electron chi connectivity index (χ4n) is 1.64. The SMILES string of the molecule is NS(=O)(=O)CCNC(=O)Nc1cccnc1Sc1ccccc1. The number of nitrogens with zero attached hydrogens (tertiary/aromatic N) is 1. The van der Waals surface area contributed by atoms with Crippen LogP contribution in [0, 0.1) is 0 Å². The number of hydrogen-bond donors (Lipinski definition) is 3. The summed E-state index contributed by atoms with van der Waals surface area (Å²) in [7, 11) is -3.60. The maximum atomic E-state index is 11.8. The molecule has 0 unspecified atom stereocenters. The van der Waals surface area contributed by atoms with E-state index >= 15 is 0 Å². The molecule has 0 saturated carbocycles. The van der Waals surface area contributed by atoms with Crippen LogP contribution in [0.2, 0.25) is 0 Å². The van der Waals surface area contributed by atoms with Crippen LogP contribution in [0.15, 0.2) is 58.6 Å². The van der Waals surface area contributed by atoms with Crippen LogP contribution in [0.25, 0.3) is 0 Å². The molecule has 1 aromatic carbocycles. The molecule has 23 heavy (non-hydrogen) atoms. The molecule has 1 aromatic heterocycles. The first-order valence-electron chi connectivity index (χ1n) is 6.67. The number of pyridine rings is 1. The highest BCUT2D eigenvalue weighted by Crippen LogP contribution is 2.31. The van der Waals surface area contributed by atoms with Crippen molar-refractivity contribution in [1.29, 1.82) is 0 Å². The monoisotopic (exact) mass is 352 g/mol. The number of carbonyl (C=O) groups is 1. The summed E-state index contributed by atoms with van der Waals surface area (Å²) in [5.41, 5.74) is 0.537. The lowest BCUT2D eigenvalue weighted by Gasteiger charge is -2.10. The minimum atomic E-state index is -3.60. The Bertz CT molecular complexity index is 767. The number of benzene rings is 1. The van der Waals surface area contributed by atoms with Gasteiger partial charge in [-0.05, 0) is 24.3 Å². The van der Waals surface area contributed by atoms with Crippen molar-refractivity contribution >= 4 is 33.5 Å². The van der Waals surface area contributed by atoms with Crippen LogP contribution in [0.4, 0.5) is 10.5 Å². The summed E-state index contributed by atoms with van der Waals surface area (Å²) in [6.07, 6.45) is 1.63. The number of sulfonamides is 1. The molecule has 0 aliphatic heterocycles. The van der Waals surface area contributed by atoms with E-state index in [1.165, 1.54) is 11.8 Å². The van der Waals surface area contributed by atoms with Crippen LogP contribution in [0.1, 0.15) is 0 Å². The highest BCUT2D eigenvalue weighted by molar-refractivity contribution is 7.99. The number of aromatic nitrogens is 1. The van der Waals surface area contributed by atoms with Gasteiger partial charge in [0.05, 0.1) is 11.4 Å². The summed E-state index contributed by atoms with van der Waals surface area (Å²) in [4.78, 5) is 17.0. The second-order valence-corrected chi connectivity index (χ2v) is 7.32. The lowest BCUT2D eigenvalue weighted by Crippen LogP contribution is -2.34. The van der Waals surface area contributed by atoms with Crippen LogP contribution in [0.3, 0.4) is 0 Å². The zero-order valence-electron chi connectivity index (χ0n) is 12.1. The molecule has 0 radical (unpaired) electrons. The van der Waals surface area contributed by atoms with Crippen LogP contribution >= 0.6 is 11.8 Å². The molecule has 0 saturated heterocycles. The van der Waals surface area contributed by atoms with E-state index in [2.05, 4.69) is 15.6 Å². The van der Waals surface area contributed by atoms with E-state index < -0.39 is 16.1 Å². The third-order valence-corrected chi connectivity index (χ3v) is 4.45. The Balaban J connectivity index is 1.98. The lowest BCUT2D eigenvalue weighted by molar-refractivity contribution is 0.252. The first-order chi connectivity index (χ1) is 10.9. The van der Waals surface area contributed by atoms with Gasteiger partial charge in [0.15, 0.2) is 0 Å². The molecule has 1 heterocycles. The van der Waals surface area contributed by atoms with Crippen LogP contribution < -0.4 is 15.8 Å². The summed E-state index contributed by atoms with van der Waals surface area (Å²) in [5.74, 6) is -0.320. The third kappa shape index (κ3) is 6.27. The number of nitrogens with one attached hydrogen (secondary N) is 2. The van der Waals surface area contributed by atoms with E-state index in [1.54, 1.807) is 18.3 Å². The molecule has 0 spiro atoms. The Labute approximate surface area is 138 Å². The number of hydrogen-bond acceptors (Lipinski definition) is 5. The van der Waals surface area contributed by atoms with E-state index in [1.807, 2.05) is 30.3 Å². The standard InChI is InChI=1S/C14H16N4O3S2/c15-23(20,21)10-9-17-14(19)18-12-7-4-8-16-13(12)22-11-5-2-1-3-6-11/h1-8H,9-10H2,(H2,15,20,21)(H2,17,18,19). The maximum absolute atomic E-state index is 11.8. The van der Waals surface area contributed by atoms with Gasteiger partial charge < -0.3 is 10.6 Å². The summed E-state index contributed by atoms with van der Waals surface area (Å²) in [6.45, 7) is -0.0634. The van der Waals surface area contributed by atoms with Crippen LogP contribution in [0.5, 0.6) is 0 Å². The van der Waals surface area contributed by atoms with Crippen LogP contribution in [-0.2, 0) is 10.0 Å². The molecule has 0 atom stereocenters. The van der Waals surface area contributed by atoms with E-state index in [-0.39, 0.29) is 12.3 Å². The molecule has 7 nitrogen and oxygen atoms in total. The maximum Gasteiger partial charge on any atom is 0.319 e. The van der Waals surface area contributed by atoms with Gasteiger partial charge in [-0.15, -0.1) is 0 Å². The van der Waals surface area contributed by atoms with Gasteiger partial charge in [-0.25, -0.2) is 23.3 Å². The number of amides is 2. The largest absolute Gasteiger partial charge is 0.337 e. The van der Waals surface area contributed by atoms with Crippen molar-refractivity contribution in [3.05, 3.63) is 48.7 Å². The van der Waals surface area contributed by atoms with Gasteiger partial charge in [-0.2, -0.15) is 0 Å². The summed E-state index contributed by atoms with van der Waals surface area (Å²) >= 11 is 1.41. The zero-order chi connectivity index (χ0) is 16.7. The van der Waals surface area contributed by atoms with Gasteiger partial charge in [-0.1, -0.05) is 30.0 Å². The van der Waals surface area contributed by atoms with E-state index in [0.717, 1.165) is 4.90 Å². The minimum absolute atomic E-state index is 0.0634. The molecular weight excluding hydrogens is 336 g/mol. The van der Waals surface area contributed by atoms with Gasteiger partial charge >= 0.3 is 6.03 Å². The highest BCUT2D eigenvalue weighted by atomic mass is 32.2. The third-order valence-electron chi connectivity index (χ3n) is 2.65. The van der Waals surface area contributed by atoms with Crippen molar-refractivity contribution in [2.45, 2.75) is 9.92 Å². The number of rotatable bonds is 6. The van der Waals surface area contributed by atoms with E-state index in [9.17, 15) is 13.2 Å². The molecule has 0 bridgehead atoms. The average Bonchev–Trinajstić information content (AvgIpc) is 2.49. The van der Waals surface area contributed by atoms with Crippen molar-refractivity contribution in [2.75, 3.05) is 17.6 Å². The van der Waals surface area contributed by atoms with E-state index in [4.69, 9.17) is 5.14 Å². The van der Waals surface area contributed by atoms with Gasteiger partial charge in [0.2, 0.25) is 10.0 Å². The number of primary sulfonamides is 1. The Morgan fingerprint density at radius 1 is 1.17 bits per heavy atom. The first kappa shape index (κ1) is 17.3. The van der Waals surface area contributed by atoms with Crippen molar-refractivity contribution in [3.8, 4) is 0 Å². The average molecular weight is 352 g/mol. The number of carbonyl (C=O) groups excluding carboxylic acids is 1. The lowest BCUT2D eigenvalue weighted by atomic mass is 10.4. The number of urea groups is 1. The second-order valence-electron chi connectivity index (χ2n) is 4.52. The fraction of sp³-hybridized carbons (Fsp3) is 0.143. The Morgan fingerprint density at radius 2 is 1.91 bits per heavy atom. The van der Waals surface area contributed by atoms with Gasteiger partial charge in [-0.3, -0.25) is 0 Å².